The molecule has 0 aliphatic carbocycles. The molecule has 0 saturated carbocycles. The van der Waals surface area contributed by atoms with Crippen molar-refractivity contribution in [2.24, 2.45) is 5.92 Å². The third kappa shape index (κ3) is 4.69. The van der Waals surface area contributed by atoms with Gasteiger partial charge in [0.15, 0.2) is 0 Å². The summed E-state index contributed by atoms with van der Waals surface area (Å²) in [5.74, 6) is 1.37. The standard InChI is InChI=1S/C15H24ClN/c1-11(2)8-14(9-16)17-10-15-12(3)6-5-7-13(15)4/h5-7,11,14,17H,8-10H2,1-4H3. The van der Waals surface area contributed by atoms with Crippen LogP contribution >= 0.6 is 11.6 Å². The maximum atomic E-state index is 5.99. The van der Waals surface area contributed by atoms with Gasteiger partial charge in [0.2, 0.25) is 0 Å². The molecule has 17 heavy (non-hydrogen) atoms. The van der Waals surface area contributed by atoms with Crippen molar-refractivity contribution in [3.8, 4) is 0 Å². The van der Waals surface area contributed by atoms with Crippen LogP contribution in [0.25, 0.3) is 0 Å². The smallest absolute Gasteiger partial charge is 0.0377 e. The molecule has 1 N–H and O–H groups in total. The van der Waals surface area contributed by atoms with Crippen molar-refractivity contribution in [1.82, 2.24) is 5.32 Å². The van der Waals surface area contributed by atoms with E-state index in [9.17, 15) is 0 Å². The van der Waals surface area contributed by atoms with Gasteiger partial charge in [0.1, 0.15) is 0 Å². The van der Waals surface area contributed by atoms with Crippen LogP contribution in [0.2, 0.25) is 0 Å². The molecule has 1 nitrogen and oxygen atoms in total. The van der Waals surface area contributed by atoms with Gasteiger partial charge < -0.3 is 5.32 Å². The summed E-state index contributed by atoms with van der Waals surface area (Å²) in [5.41, 5.74) is 4.12. The first-order valence-corrected chi connectivity index (χ1v) is 6.92. The molecule has 0 radical (unpaired) electrons. The molecule has 1 unspecified atom stereocenters. The maximum absolute atomic E-state index is 5.99. The van der Waals surface area contributed by atoms with Crippen molar-refractivity contribution in [3.63, 3.8) is 0 Å². The minimum Gasteiger partial charge on any atom is -0.309 e. The summed E-state index contributed by atoms with van der Waals surface area (Å²) in [5, 5.41) is 3.57. The number of hydrogen-bond acceptors (Lipinski definition) is 1. The summed E-state index contributed by atoms with van der Waals surface area (Å²) in [4.78, 5) is 0. The van der Waals surface area contributed by atoms with Crippen molar-refractivity contribution >= 4 is 11.6 Å². The van der Waals surface area contributed by atoms with Gasteiger partial charge in [-0.1, -0.05) is 32.0 Å². The van der Waals surface area contributed by atoms with Crippen LogP contribution in [-0.4, -0.2) is 11.9 Å². The normalized spacial score (nSPS) is 13.1. The number of benzene rings is 1. The van der Waals surface area contributed by atoms with Crippen LogP contribution in [0.1, 0.15) is 37.0 Å². The molecule has 0 bridgehead atoms. The van der Waals surface area contributed by atoms with Gasteiger partial charge in [0.25, 0.3) is 0 Å². The average molecular weight is 254 g/mol. The largest absolute Gasteiger partial charge is 0.309 e. The van der Waals surface area contributed by atoms with Gasteiger partial charge in [-0.05, 0) is 42.9 Å². The molecule has 0 aliphatic heterocycles. The zero-order valence-electron chi connectivity index (χ0n) is 11.4. The minimum atomic E-state index is 0.413. The lowest BCUT2D eigenvalue weighted by atomic mass is 10.0. The van der Waals surface area contributed by atoms with Crippen LogP contribution in [0.15, 0.2) is 18.2 Å². The van der Waals surface area contributed by atoms with E-state index in [0.29, 0.717) is 17.8 Å². The second-order valence-corrected chi connectivity index (χ2v) is 5.54. The number of halogens is 1. The molecule has 0 saturated heterocycles. The quantitative estimate of drug-likeness (QED) is 0.755. The molecule has 1 aromatic rings. The van der Waals surface area contributed by atoms with Crippen LogP contribution in [0.3, 0.4) is 0 Å². The Kier molecular flexibility index (Phi) is 6.01. The van der Waals surface area contributed by atoms with Crippen LogP contribution in [0, 0.1) is 19.8 Å². The molecule has 0 aromatic heterocycles. The predicted molar refractivity (Wildman–Crippen MR) is 76.7 cm³/mol. The number of nitrogens with one attached hydrogen (secondary N) is 1. The summed E-state index contributed by atoms with van der Waals surface area (Å²) in [6.07, 6.45) is 1.13. The lowest BCUT2D eigenvalue weighted by molar-refractivity contribution is 0.444. The Morgan fingerprint density at radius 2 is 1.76 bits per heavy atom. The molecular weight excluding hydrogens is 230 g/mol. The molecule has 1 aromatic carbocycles. The predicted octanol–water partition coefficient (Wildman–Crippen LogP) is 4.05. The fourth-order valence-electron chi connectivity index (χ4n) is 2.14. The van der Waals surface area contributed by atoms with Crippen LogP contribution in [0.5, 0.6) is 0 Å². The summed E-state index contributed by atoms with van der Waals surface area (Å²) >= 11 is 5.99. The first-order valence-electron chi connectivity index (χ1n) is 6.39. The van der Waals surface area contributed by atoms with Crippen molar-refractivity contribution in [2.75, 3.05) is 5.88 Å². The first kappa shape index (κ1) is 14.5. The van der Waals surface area contributed by atoms with E-state index in [-0.39, 0.29) is 0 Å². The highest BCUT2D eigenvalue weighted by molar-refractivity contribution is 6.18. The fraction of sp³-hybridized carbons (Fsp3) is 0.600. The van der Waals surface area contributed by atoms with Gasteiger partial charge in [-0.25, -0.2) is 0 Å². The van der Waals surface area contributed by atoms with Crippen LogP contribution in [-0.2, 0) is 6.54 Å². The average Bonchev–Trinajstić information content (AvgIpc) is 2.26. The number of alkyl halides is 1. The van der Waals surface area contributed by atoms with E-state index < -0.39 is 0 Å². The number of aryl methyl sites for hydroxylation is 2. The molecule has 1 rings (SSSR count). The summed E-state index contributed by atoms with van der Waals surface area (Å²) in [6, 6.07) is 6.86. The van der Waals surface area contributed by atoms with Crippen molar-refractivity contribution in [1.29, 1.82) is 0 Å². The lowest BCUT2D eigenvalue weighted by Gasteiger charge is -2.19. The number of rotatable bonds is 6. The maximum Gasteiger partial charge on any atom is 0.0377 e. The van der Waals surface area contributed by atoms with Crippen molar-refractivity contribution in [2.45, 2.75) is 46.7 Å². The Hall–Kier alpha value is -0.530. The van der Waals surface area contributed by atoms with Crippen LogP contribution in [0.4, 0.5) is 0 Å². The van der Waals surface area contributed by atoms with Crippen LogP contribution < -0.4 is 5.32 Å². The highest BCUT2D eigenvalue weighted by Crippen LogP contribution is 2.14. The van der Waals surface area contributed by atoms with E-state index in [2.05, 4.69) is 51.2 Å². The molecule has 1 atom stereocenters. The summed E-state index contributed by atoms with van der Waals surface area (Å²) in [7, 11) is 0. The molecule has 0 spiro atoms. The molecular formula is C15H24ClN. The zero-order valence-corrected chi connectivity index (χ0v) is 12.1. The van der Waals surface area contributed by atoms with Crippen molar-refractivity contribution < 1.29 is 0 Å². The summed E-state index contributed by atoms with van der Waals surface area (Å²) in [6.45, 7) is 9.73. The molecule has 2 heteroatoms. The first-order chi connectivity index (χ1) is 8.04. The van der Waals surface area contributed by atoms with E-state index in [0.717, 1.165) is 13.0 Å². The van der Waals surface area contributed by atoms with E-state index >= 15 is 0 Å². The topological polar surface area (TPSA) is 12.0 Å². The summed E-state index contributed by atoms with van der Waals surface area (Å²) < 4.78 is 0. The Morgan fingerprint density at radius 1 is 1.18 bits per heavy atom. The minimum absolute atomic E-state index is 0.413. The molecule has 0 heterocycles. The zero-order chi connectivity index (χ0) is 12.8. The second-order valence-electron chi connectivity index (χ2n) is 5.23. The third-order valence-electron chi connectivity index (χ3n) is 3.15. The Balaban J connectivity index is 2.59. The van der Waals surface area contributed by atoms with E-state index in [1.165, 1.54) is 16.7 Å². The Morgan fingerprint density at radius 3 is 2.24 bits per heavy atom. The Bertz CT molecular complexity index is 327. The monoisotopic (exact) mass is 253 g/mol. The van der Waals surface area contributed by atoms with Gasteiger partial charge in [0, 0.05) is 18.5 Å². The van der Waals surface area contributed by atoms with Gasteiger partial charge >= 0.3 is 0 Å². The van der Waals surface area contributed by atoms with E-state index in [4.69, 9.17) is 11.6 Å². The second kappa shape index (κ2) is 7.03. The van der Waals surface area contributed by atoms with E-state index in [1.807, 2.05) is 0 Å². The fourth-order valence-corrected chi connectivity index (χ4v) is 2.38. The highest BCUT2D eigenvalue weighted by Gasteiger charge is 2.10. The number of hydrogen-bond donors (Lipinski definition) is 1. The van der Waals surface area contributed by atoms with Gasteiger partial charge in [-0.3, -0.25) is 0 Å². The molecule has 0 aliphatic rings. The lowest BCUT2D eigenvalue weighted by Crippen LogP contribution is -2.32. The van der Waals surface area contributed by atoms with Crippen molar-refractivity contribution in [3.05, 3.63) is 34.9 Å². The Labute approximate surface area is 111 Å². The SMILES string of the molecule is Cc1cccc(C)c1CNC(CCl)CC(C)C. The molecule has 0 fully saturated rings. The molecule has 0 amide bonds. The van der Waals surface area contributed by atoms with Gasteiger partial charge in [-0.2, -0.15) is 0 Å². The van der Waals surface area contributed by atoms with Gasteiger partial charge in [-0.15, -0.1) is 11.6 Å². The highest BCUT2D eigenvalue weighted by atomic mass is 35.5. The van der Waals surface area contributed by atoms with E-state index in [1.54, 1.807) is 0 Å². The molecule has 96 valence electrons. The third-order valence-corrected chi connectivity index (χ3v) is 3.53. The van der Waals surface area contributed by atoms with Gasteiger partial charge in [0.05, 0.1) is 0 Å².